The first kappa shape index (κ1) is 19.9. The highest BCUT2D eigenvalue weighted by Gasteiger charge is 2.39. The molecule has 2 aromatic carbocycles. The topological polar surface area (TPSA) is 113 Å². The highest BCUT2D eigenvalue weighted by molar-refractivity contribution is 6.06. The van der Waals surface area contributed by atoms with Gasteiger partial charge in [-0.1, -0.05) is 24.3 Å². The van der Waals surface area contributed by atoms with Crippen molar-refractivity contribution in [3.8, 4) is 11.5 Å². The number of carbonyl (C=O) groups excluding carboxylic acids is 3. The summed E-state index contributed by atoms with van der Waals surface area (Å²) in [6.45, 7) is 1.65. The summed E-state index contributed by atoms with van der Waals surface area (Å²) in [5, 5.41) is 6.52. The molecule has 5 rings (SSSR count). The van der Waals surface area contributed by atoms with Crippen molar-refractivity contribution in [1.82, 2.24) is 20.5 Å². The number of ether oxygens (including phenoxy) is 2. The Morgan fingerprint density at radius 3 is 2.88 bits per heavy atom. The quantitative estimate of drug-likeness (QED) is 0.515. The summed E-state index contributed by atoms with van der Waals surface area (Å²) in [5.41, 5.74) is 2.73. The van der Waals surface area contributed by atoms with Crippen LogP contribution in [0.2, 0.25) is 0 Å². The number of fused-ring (bicyclic) bond motifs is 2. The van der Waals surface area contributed by atoms with E-state index in [-0.39, 0.29) is 19.4 Å². The lowest BCUT2D eigenvalue weighted by Gasteiger charge is -2.17. The summed E-state index contributed by atoms with van der Waals surface area (Å²) in [5.74, 6) is 0.447. The standard InChI is InChI=1S/C23H22N4O5/c1-13(14-6-7-19-20(9-14)32-12-31-19)25-21(28)11-27-22(29)18(26-23(27)30)8-15-10-24-17-5-3-2-4-16(15)17/h2-7,9-10,13,18,24H,8,11-12H2,1H3,(H,25,28)(H,26,30)/t13-,18-/m1/s1. The lowest BCUT2D eigenvalue weighted by atomic mass is 10.1. The molecule has 32 heavy (non-hydrogen) atoms. The monoisotopic (exact) mass is 434 g/mol. The Labute approximate surface area is 183 Å². The molecule has 0 bridgehead atoms. The maximum atomic E-state index is 12.8. The summed E-state index contributed by atoms with van der Waals surface area (Å²) in [4.78, 5) is 41.9. The predicted octanol–water partition coefficient (Wildman–Crippen LogP) is 2.24. The third-order valence-electron chi connectivity index (χ3n) is 5.78. The minimum atomic E-state index is -0.708. The molecular weight excluding hydrogens is 412 g/mol. The van der Waals surface area contributed by atoms with Gasteiger partial charge >= 0.3 is 6.03 Å². The Balaban J connectivity index is 1.22. The Bertz CT molecular complexity index is 1220. The van der Waals surface area contributed by atoms with Crippen LogP contribution in [-0.4, -0.2) is 47.1 Å². The van der Waals surface area contributed by atoms with Crippen LogP contribution in [0.4, 0.5) is 4.79 Å². The number of aromatic amines is 1. The minimum Gasteiger partial charge on any atom is -0.454 e. The van der Waals surface area contributed by atoms with E-state index in [4.69, 9.17) is 9.47 Å². The predicted molar refractivity (Wildman–Crippen MR) is 115 cm³/mol. The first-order chi connectivity index (χ1) is 15.5. The number of aromatic nitrogens is 1. The molecular formula is C23H22N4O5. The number of nitrogens with zero attached hydrogens (tertiary/aromatic N) is 1. The van der Waals surface area contributed by atoms with Crippen LogP contribution in [0.1, 0.15) is 24.1 Å². The van der Waals surface area contributed by atoms with E-state index in [1.807, 2.05) is 43.5 Å². The van der Waals surface area contributed by atoms with E-state index in [2.05, 4.69) is 15.6 Å². The normalized spacial score (nSPS) is 18.2. The Morgan fingerprint density at radius 1 is 1.19 bits per heavy atom. The van der Waals surface area contributed by atoms with Crippen molar-refractivity contribution in [2.24, 2.45) is 0 Å². The number of rotatable bonds is 6. The lowest BCUT2D eigenvalue weighted by molar-refractivity contribution is -0.132. The highest BCUT2D eigenvalue weighted by atomic mass is 16.7. The molecule has 0 aliphatic carbocycles. The molecule has 3 N–H and O–H groups in total. The van der Waals surface area contributed by atoms with Gasteiger partial charge in [0.05, 0.1) is 6.04 Å². The van der Waals surface area contributed by atoms with Crippen molar-refractivity contribution >= 4 is 28.7 Å². The Hall–Kier alpha value is -4.01. The summed E-state index contributed by atoms with van der Waals surface area (Å²) in [6.07, 6.45) is 2.19. The van der Waals surface area contributed by atoms with Crippen LogP contribution in [-0.2, 0) is 16.0 Å². The average molecular weight is 434 g/mol. The van der Waals surface area contributed by atoms with E-state index >= 15 is 0 Å². The van der Waals surface area contributed by atoms with Gasteiger partial charge in [-0.05, 0) is 36.2 Å². The number of carbonyl (C=O) groups is 3. The van der Waals surface area contributed by atoms with E-state index < -0.39 is 23.9 Å². The second-order valence-corrected chi connectivity index (χ2v) is 7.89. The number of hydrogen-bond acceptors (Lipinski definition) is 5. The first-order valence-corrected chi connectivity index (χ1v) is 10.4. The maximum absolute atomic E-state index is 12.8. The molecule has 0 saturated carbocycles. The molecule has 0 spiro atoms. The largest absolute Gasteiger partial charge is 0.454 e. The lowest BCUT2D eigenvalue weighted by Crippen LogP contribution is -2.42. The zero-order valence-electron chi connectivity index (χ0n) is 17.4. The number of para-hydroxylation sites is 1. The fourth-order valence-corrected chi connectivity index (χ4v) is 4.08. The summed E-state index contributed by atoms with van der Waals surface area (Å²) < 4.78 is 10.7. The van der Waals surface area contributed by atoms with E-state index in [1.54, 1.807) is 12.1 Å². The van der Waals surface area contributed by atoms with E-state index in [0.29, 0.717) is 17.9 Å². The maximum Gasteiger partial charge on any atom is 0.325 e. The van der Waals surface area contributed by atoms with Gasteiger partial charge in [0.25, 0.3) is 5.91 Å². The summed E-state index contributed by atoms with van der Waals surface area (Å²) in [7, 11) is 0. The van der Waals surface area contributed by atoms with Gasteiger partial charge < -0.3 is 25.1 Å². The number of amides is 4. The Morgan fingerprint density at radius 2 is 2.00 bits per heavy atom. The fourth-order valence-electron chi connectivity index (χ4n) is 4.08. The van der Waals surface area contributed by atoms with Crippen LogP contribution in [0.3, 0.4) is 0 Å². The third-order valence-corrected chi connectivity index (χ3v) is 5.78. The van der Waals surface area contributed by atoms with Gasteiger partial charge in [-0.15, -0.1) is 0 Å². The molecule has 9 nitrogen and oxygen atoms in total. The van der Waals surface area contributed by atoms with E-state index in [0.717, 1.165) is 26.9 Å². The summed E-state index contributed by atoms with van der Waals surface area (Å²) in [6, 6.07) is 11.6. The second kappa shape index (κ2) is 7.92. The van der Waals surface area contributed by atoms with Crippen LogP contribution in [0.15, 0.2) is 48.7 Å². The molecule has 9 heteroatoms. The fraction of sp³-hybridized carbons (Fsp3) is 0.261. The molecule has 3 heterocycles. The second-order valence-electron chi connectivity index (χ2n) is 7.89. The molecule has 2 aliphatic rings. The van der Waals surface area contributed by atoms with Gasteiger partial charge in [-0.3, -0.25) is 14.5 Å². The molecule has 2 aliphatic heterocycles. The number of urea groups is 1. The van der Waals surface area contributed by atoms with Crippen molar-refractivity contribution in [2.75, 3.05) is 13.3 Å². The molecule has 4 amide bonds. The number of benzene rings is 2. The first-order valence-electron chi connectivity index (χ1n) is 10.4. The number of imide groups is 1. The van der Waals surface area contributed by atoms with Gasteiger partial charge in [0, 0.05) is 23.5 Å². The molecule has 0 unspecified atom stereocenters. The Kier molecular flexibility index (Phi) is 4.93. The highest BCUT2D eigenvalue weighted by Crippen LogP contribution is 2.34. The zero-order valence-corrected chi connectivity index (χ0v) is 17.4. The van der Waals surface area contributed by atoms with Gasteiger partial charge in [-0.25, -0.2) is 4.79 Å². The van der Waals surface area contributed by atoms with Crippen LogP contribution in [0, 0.1) is 0 Å². The molecule has 1 fully saturated rings. The third kappa shape index (κ3) is 3.62. The van der Waals surface area contributed by atoms with Crippen LogP contribution in [0.25, 0.3) is 10.9 Å². The van der Waals surface area contributed by atoms with Crippen molar-refractivity contribution < 1.29 is 23.9 Å². The average Bonchev–Trinajstić information content (AvgIpc) is 3.48. The van der Waals surface area contributed by atoms with Gasteiger partial charge in [0.2, 0.25) is 12.7 Å². The van der Waals surface area contributed by atoms with Crippen LogP contribution in [0.5, 0.6) is 11.5 Å². The smallest absolute Gasteiger partial charge is 0.325 e. The molecule has 3 aromatic rings. The molecule has 2 atom stereocenters. The molecule has 1 saturated heterocycles. The van der Waals surface area contributed by atoms with Crippen molar-refractivity contribution in [2.45, 2.75) is 25.4 Å². The van der Waals surface area contributed by atoms with Crippen molar-refractivity contribution in [3.05, 3.63) is 59.8 Å². The molecule has 0 radical (unpaired) electrons. The van der Waals surface area contributed by atoms with E-state index in [9.17, 15) is 14.4 Å². The van der Waals surface area contributed by atoms with Gasteiger partial charge in [-0.2, -0.15) is 0 Å². The van der Waals surface area contributed by atoms with Gasteiger partial charge in [0.15, 0.2) is 11.5 Å². The van der Waals surface area contributed by atoms with Crippen molar-refractivity contribution in [3.63, 3.8) is 0 Å². The summed E-state index contributed by atoms with van der Waals surface area (Å²) >= 11 is 0. The van der Waals surface area contributed by atoms with Crippen LogP contribution < -0.4 is 20.1 Å². The zero-order chi connectivity index (χ0) is 22.2. The minimum absolute atomic E-state index is 0.172. The van der Waals surface area contributed by atoms with Crippen molar-refractivity contribution in [1.29, 1.82) is 0 Å². The molecule has 1 aromatic heterocycles. The van der Waals surface area contributed by atoms with Gasteiger partial charge in [0.1, 0.15) is 12.6 Å². The number of H-pyrrole nitrogens is 1. The van der Waals surface area contributed by atoms with E-state index in [1.165, 1.54) is 0 Å². The SMILES string of the molecule is C[C@@H](NC(=O)CN1C(=O)N[C@H](Cc2c[nH]c3ccccc23)C1=O)c1ccc2c(c1)OCO2. The number of hydrogen-bond donors (Lipinski definition) is 3. The van der Waals surface area contributed by atoms with Crippen LogP contribution >= 0.6 is 0 Å². The molecule has 164 valence electrons. The number of nitrogens with one attached hydrogen (secondary N) is 3.